The van der Waals surface area contributed by atoms with Crippen molar-refractivity contribution in [1.82, 2.24) is 4.57 Å². The Kier molecular flexibility index (Phi) is 3.98. The highest BCUT2D eigenvalue weighted by atomic mass is 16.5. The van der Waals surface area contributed by atoms with Crippen LogP contribution in [-0.2, 0) is 7.05 Å². The quantitative estimate of drug-likeness (QED) is 0.442. The van der Waals surface area contributed by atoms with E-state index in [0.29, 0.717) is 22.8 Å². The van der Waals surface area contributed by atoms with Crippen LogP contribution in [0.25, 0.3) is 28.2 Å². The van der Waals surface area contributed by atoms with Crippen LogP contribution in [0.15, 0.2) is 78.6 Å². The standard InChI is InChI=1S/C25H19NO3/c1-26-20-13-7-6-11-17(20)19(23(26)16-9-4-3-5-10-16)15-22-24(27)18-12-8-14-21(28-2)25(18)29-22/h3-15H,1-2H3. The van der Waals surface area contributed by atoms with Crippen molar-refractivity contribution >= 4 is 22.8 Å². The van der Waals surface area contributed by atoms with Crippen LogP contribution >= 0.6 is 0 Å². The number of nitrogens with zero attached hydrogens (tertiary/aromatic N) is 1. The van der Waals surface area contributed by atoms with Gasteiger partial charge in [0.1, 0.15) is 0 Å². The molecule has 0 saturated heterocycles. The second-order valence-electron chi connectivity index (χ2n) is 6.98. The molecule has 0 spiro atoms. The molecule has 0 aliphatic carbocycles. The van der Waals surface area contributed by atoms with Gasteiger partial charge in [-0.15, -0.1) is 0 Å². The van der Waals surface area contributed by atoms with Crippen LogP contribution in [0, 0.1) is 0 Å². The molecule has 5 rings (SSSR count). The van der Waals surface area contributed by atoms with Crippen LogP contribution in [0.2, 0.25) is 0 Å². The van der Waals surface area contributed by atoms with Crippen LogP contribution in [0.5, 0.6) is 11.5 Å². The molecule has 1 aliphatic heterocycles. The zero-order chi connectivity index (χ0) is 20.0. The molecule has 29 heavy (non-hydrogen) atoms. The summed E-state index contributed by atoms with van der Waals surface area (Å²) in [7, 11) is 3.62. The highest BCUT2D eigenvalue weighted by molar-refractivity contribution is 6.16. The van der Waals surface area contributed by atoms with E-state index in [0.717, 1.165) is 27.7 Å². The second-order valence-corrected chi connectivity index (χ2v) is 6.98. The molecule has 0 bridgehead atoms. The van der Waals surface area contributed by atoms with Gasteiger partial charge in [0.15, 0.2) is 17.3 Å². The average Bonchev–Trinajstić information content (AvgIpc) is 3.23. The number of ether oxygens (including phenoxy) is 2. The molecule has 0 N–H and O–H groups in total. The number of rotatable bonds is 3. The molecule has 2 heterocycles. The second kappa shape index (κ2) is 6.67. The predicted molar refractivity (Wildman–Crippen MR) is 114 cm³/mol. The summed E-state index contributed by atoms with van der Waals surface area (Å²) in [6.45, 7) is 0. The number of hydrogen-bond acceptors (Lipinski definition) is 3. The van der Waals surface area contributed by atoms with Crippen LogP contribution in [-0.4, -0.2) is 17.5 Å². The summed E-state index contributed by atoms with van der Waals surface area (Å²) < 4.78 is 13.5. The third-order valence-corrected chi connectivity index (χ3v) is 5.35. The topological polar surface area (TPSA) is 40.5 Å². The van der Waals surface area contributed by atoms with Crippen molar-refractivity contribution in [3.05, 3.63) is 89.7 Å². The predicted octanol–water partition coefficient (Wildman–Crippen LogP) is 5.47. The van der Waals surface area contributed by atoms with E-state index in [1.807, 2.05) is 43.5 Å². The number of allylic oxidation sites excluding steroid dienone is 1. The fourth-order valence-corrected chi connectivity index (χ4v) is 3.99. The van der Waals surface area contributed by atoms with Gasteiger partial charge < -0.3 is 14.0 Å². The Balaban J connectivity index is 1.74. The minimum Gasteiger partial charge on any atom is -0.493 e. The summed E-state index contributed by atoms with van der Waals surface area (Å²) in [5, 5.41) is 1.07. The molecule has 4 heteroatoms. The minimum atomic E-state index is -0.133. The summed E-state index contributed by atoms with van der Waals surface area (Å²) in [6, 6.07) is 23.7. The molecule has 0 radical (unpaired) electrons. The maximum absolute atomic E-state index is 13.0. The summed E-state index contributed by atoms with van der Waals surface area (Å²) >= 11 is 0. The van der Waals surface area contributed by atoms with E-state index in [9.17, 15) is 4.79 Å². The van der Waals surface area contributed by atoms with Gasteiger partial charge in [-0.05, 0) is 29.8 Å². The van der Waals surface area contributed by atoms with E-state index in [1.165, 1.54) is 0 Å². The van der Waals surface area contributed by atoms with Gasteiger partial charge in [-0.1, -0.05) is 54.6 Å². The number of benzene rings is 3. The highest BCUT2D eigenvalue weighted by Gasteiger charge is 2.31. The molecular formula is C25H19NO3. The molecular weight excluding hydrogens is 362 g/mol. The van der Waals surface area contributed by atoms with Crippen LogP contribution in [0.4, 0.5) is 0 Å². The first-order valence-electron chi connectivity index (χ1n) is 9.43. The molecule has 1 aliphatic rings. The van der Waals surface area contributed by atoms with E-state index in [1.54, 1.807) is 25.3 Å². The molecule has 0 atom stereocenters. The lowest BCUT2D eigenvalue weighted by atomic mass is 10.0. The zero-order valence-corrected chi connectivity index (χ0v) is 16.2. The third-order valence-electron chi connectivity index (χ3n) is 5.35. The number of methoxy groups -OCH3 is 1. The number of hydrogen-bond donors (Lipinski definition) is 0. The van der Waals surface area contributed by atoms with Gasteiger partial charge in [-0.25, -0.2) is 0 Å². The van der Waals surface area contributed by atoms with E-state index in [-0.39, 0.29) is 5.78 Å². The fraction of sp³-hybridized carbons (Fsp3) is 0.0800. The van der Waals surface area contributed by atoms with Crippen molar-refractivity contribution in [3.63, 3.8) is 0 Å². The van der Waals surface area contributed by atoms with Crippen molar-refractivity contribution in [3.8, 4) is 22.8 Å². The van der Waals surface area contributed by atoms with Crippen molar-refractivity contribution in [2.24, 2.45) is 7.05 Å². The average molecular weight is 381 g/mol. The molecule has 0 unspecified atom stereocenters. The lowest BCUT2D eigenvalue weighted by Crippen LogP contribution is -1.99. The minimum absolute atomic E-state index is 0.133. The van der Waals surface area contributed by atoms with E-state index in [2.05, 4.69) is 28.8 Å². The molecule has 1 aromatic heterocycles. The Morgan fingerprint density at radius 3 is 2.48 bits per heavy atom. The van der Waals surface area contributed by atoms with Gasteiger partial charge in [0, 0.05) is 23.5 Å². The number of fused-ring (bicyclic) bond motifs is 2. The monoisotopic (exact) mass is 381 g/mol. The van der Waals surface area contributed by atoms with Crippen molar-refractivity contribution in [2.75, 3.05) is 7.11 Å². The van der Waals surface area contributed by atoms with E-state index >= 15 is 0 Å². The smallest absolute Gasteiger partial charge is 0.232 e. The molecule has 4 nitrogen and oxygen atoms in total. The largest absolute Gasteiger partial charge is 0.493 e. The van der Waals surface area contributed by atoms with Gasteiger partial charge in [0.2, 0.25) is 5.78 Å². The van der Waals surface area contributed by atoms with Crippen molar-refractivity contribution in [1.29, 1.82) is 0 Å². The van der Waals surface area contributed by atoms with Gasteiger partial charge >= 0.3 is 0 Å². The van der Waals surface area contributed by atoms with E-state index in [4.69, 9.17) is 9.47 Å². The Morgan fingerprint density at radius 2 is 1.69 bits per heavy atom. The van der Waals surface area contributed by atoms with Gasteiger partial charge in [0.25, 0.3) is 0 Å². The number of aryl methyl sites for hydroxylation is 1. The highest BCUT2D eigenvalue weighted by Crippen LogP contribution is 2.41. The van der Waals surface area contributed by atoms with Gasteiger partial charge in [-0.3, -0.25) is 4.79 Å². The first kappa shape index (κ1) is 17.3. The molecule has 4 aromatic rings. The number of para-hydroxylation sites is 2. The number of aromatic nitrogens is 1. The maximum Gasteiger partial charge on any atom is 0.232 e. The Bertz CT molecular complexity index is 1280. The lowest BCUT2D eigenvalue weighted by molar-refractivity contribution is 0.101. The number of carbonyl (C=O) groups is 1. The Morgan fingerprint density at radius 1 is 0.931 bits per heavy atom. The zero-order valence-electron chi connectivity index (χ0n) is 16.2. The molecule has 0 amide bonds. The van der Waals surface area contributed by atoms with Crippen molar-refractivity contribution in [2.45, 2.75) is 0 Å². The van der Waals surface area contributed by atoms with Crippen molar-refractivity contribution < 1.29 is 14.3 Å². The van der Waals surface area contributed by atoms with Gasteiger partial charge in [0.05, 0.1) is 18.4 Å². The number of ketones is 1. The Hall–Kier alpha value is -3.79. The third kappa shape index (κ3) is 2.64. The summed E-state index contributed by atoms with van der Waals surface area (Å²) in [5.74, 6) is 1.21. The lowest BCUT2D eigenvalue weighted by Gasteiger charge is -2.07. The van der Waals surface area contributed by atoms with Crippen LogP contribution in [0.3, 0.4) is 0 Å². The van der Waals surface area contributed by atoms with Crippen LogP contribution < -0.4 is 9.47 Å². The normalized spacial score (nSPS) is 14.3. The summed E-state index contributed by atoms with van der Waals surface area (Å²) in [6.07, 6.45) is 1.85. The maximum atomic E-state index is 13.0. The number of Topliss-reactive ketones (excluding diaryl/α,β-unsaturated/α-hetero) is 1. The van der Waals surface area contributed by atoms with Crippen LogP contribution in [0.1, 0.15) is 15.9 Å². The first-order chi connectivity index (χ1) is 14.2. The fourth-order valence-electron chi connectivity index (χ4n) is 3.99. The molecule has 0 fully saturated rings. The Labute approximate surface area is 168 Å². The summed E-state index contributed by atoms with van der Waals surface area (Å²) in [5.41, 5.74) is 4.71. The number of carbonyl (C=O) groups excluding carboxylic acids is 1. The molecule has 0 saturated carbocycles. The molecule has 3 aromatic carbocycles. The molecule has 142 valence electrons. The van der Waals surface area contributed by atoms with E-state index < -0.39 is 0 Å². The first-order valence-corrected chi connectivity index (χ1v) is 9.43. The van der Waals surface area contributed by atoms with Gasteiger partial charge in [-0.2, -0.15) is 0 Å². The summed E-state index contributed by atoms with van der Waals surface area (Å²) in [4.78, 5) is 13.0. The SMILES string of the molecule is COc1cccc2c1OC(=Cc1c(-c3ccccc3)n(C)c3ccccc13)C2=O.